The molecular weight excluding hydrogens is 272 g/mol. The molecule has 1 aliphatic carbocycles. The van der Waals surface area contributed by atoms with Gasteiger partial charge in [0.2, 0.25) is 0 Å². The second-order valence-corrected chi connectivity index (χ2v) is 5.90. The van der Waals surface area contributed by atoms with Crippen LogP contribution in [0.2, 0.25) is 0 Å². The van der Waals surface area contributed by atoms with E-state index in [9.17, 15) is 22.7 Å². The third-order valence-corrected chi connectivity index (χ3v) is 4.36. The van der Waals surface area contributed by atoms with Crippen LogP contribution in [0.3, 0.4) is 0 Å². The number of hydrogen-bond acceptors (Lipinski definition) is 1. The second kappa shape index (κ2) is 5.02. The van der Waals surface area contributed by atoms with Crippen molar-refractivity contribution in [2.45, 2.75) is 44.9 Å². The van der Waals surface area contributed by atoms with Crippen LogP contribution < -0.4 is 0 Å². The summed E-state index contributed by atoms with van der Waals surface area (Å²) in [5.41, 5.74) is -2.29. The molecule has 0 aliphatic heterocycles. The molecule has 112 valence electrons. The molecule has 0 saturated heterocycles. The van der Waals surface area contributed by atoms with E-state index in [1.165, 1.54) is 6.07 Å². The van der Waals surface area contributed by atoms with E-state index in [1.54, 1.807) is 0 Å². The summed E-state index contributed by atoms with van der Waals surface area (Å²) in [7, 11) is 0. The van der Waals surface area contributed by atoms with E-state index in [0.29, 0.717) is 18.4 Å². The van der Waals surface area contributed by atoms with E-state index in [2.05, 4.69) is 6.92 Å². The molecule has 0 radical (unpaired) electrons. The average Bonchev–Trinajstić information content (AvgIpc) is 2.32. The summed E-state index contributed by atoms with van der Waals surface area (Å²) in [6.45, 7) is 3.93. The lowest BCUT2D eigenvalue weighted by atomic mass is 9.69. The molecule has 1 aromatic rings. The standard InChI is InChI=1S/C15H18F4O/c1-9-5-6-14(20,10(2)7-9)11-3-4-12(13(16)8-11)15(17,18)19/h3-4,8-10,20H,5-7H2,1-2H3. The largest absolute Gasteiger partial charge is 0.419 e. The van der Waals surface area contributed by atoms with Crippen molar-refractivity contribution in [1.82, 2.24) is 0 Å². The highest BCUT2D eigenvalue weighted by Gasteiger charge is 2.41. The van der Waals surface area contributed by atoms with Gasteiger partial charge < -0.3 is 5.11 Å². The zero-order valence-corrected chi connectivity index (χ0v) is 11.5. The van der Waals surface area contributed by atoms with Crippen LogP contribution in [0.1, 0.15) is 44.2 Å². The van der Waals surface area contributed by atoms with Gasteiger partial charge in [-0.25, -0.2) is 4.39 Å². The Morgan fingerprint density at radius 2 is 1.90 bits per heavy atom. The van der Waals surface area contributed by atoms with Crippen LogP contribution in [0, 0.1) is 17.7 Å². The van der Waals surface area contributed by atoms with Crippen LogP contribution in [0.5, 0.6) is 0 Å². The van der Waals surface area contributed by atoms with Gasteiger partial charge in [0.05, 0.1) is 11.2 Å². The van der Waals surface area contributed by atoms with Crippen LogP contribution in [-0.4, -0.2) is 5.11 Å². The van der Waals surface area contributed by atoms with Crippen LogP contribution >= 0.6 is 0 Å². The summed E-state index contributed by atoms with van der Waals surface area (Å²) < 4.78 is 51.3. The first-order valence-electron chi connectivity index (χ1n) is 6.74. The molecule has 1 fully saturated rings. The molecule has 0 spiro atoms. The van der Waals surface area contributed by atoms with Gasteiger partial charge in [-0.1, -0.05) is 19.9 Å². The number of rotatable bonds is 1. The third-order valence-electron chi connectivity index (χ3n) is 4.36. The van der Waals surface area contributed by atoms with Crippen LogP contribution in [-0.2, 0) is 11.8 Å². The van der Waals surface area contributed by atoms with Crippen LogP contribution in [0.4, 0.5) is 17.6 Å². The lowest BCUT2D eigenvalue weighted by Crippen LogP contribution is -2.38. The van der Waals surface area contributed by atoms with Gasteiger partial charge in [-0.2, -0.15) is 13.2 Å². The topological polar surface area (TPSA) is 20.2 Å². The summed E-state index contributed by atoms with van der Waals surface area (Å²) >= 11 is 0. The van der Waals surface area contributed by atoms with Gasteiger partial charge in [-0.05, 0) is 48.8 Å². The van der Waals surface area contributed by atoms with Crippen molar-refractivity contribution in [1.29, 1.82) is 0 Å². The first-order valence-corrected chi connectivity index (χ1v) is 6.74. The first kappa shape index (κ1) is 15.3. The molecule has 20 heavy (non-hydrogen) atoms. The van der Waals surface area contributed by atoms with Gasteiger partial charge >= 0.3 is 6.18 Å². The van der Waals surface area contributed by atoms with E-state index >= 15 is 0 Å². The summed E-state index contributed by atoms with van der Waals surface area (Å²) in [5.74, 6) is -0.971. The Bertz CT molecular complexity index is 497. The molecule has 0 aromatic heterocycles. The Hall–Kier alpha value is -1.10. The van der Waals surface area contributed by atoms with E-state index in [0.717, 1.165) is 18.9 Å². The SMILES string of the molecule is CC1CCC(O)(c2ccc(C(F)(F)F)c(F)c2)C(C)C1. The van der Waals surface area contributed by atoms with Crippen molar-refractivity contribution >= 4 is 0 Å². The minimum absolute atomic E-state index is 0.109. The number of aliphatic hydroxyl groups is 1. The molecule has 1 aromatic carbocycles. The fourth-order valence-electron chi connectivity index (χ4n) is 3.07. The molecular formula is C15H18F4O. The molecule has 1 saturated carbocycles. The van der Waals surface area contributed by atoms with Gasteiger partial charge in [-0.15, -0.1) is 0 Å². The summed E-state index contributed by atoms with van der Waals surface area (Å²) in [4.78, 5) is 0. The van der Waals surface area contributed by atoms with E-state index < -0.39 is 23.2 Å². The monoisotopic (exact) mass is 290 g/mol. The fourth-order valence-corrected chi connectivity index (χ4v) is 3.07. The minimum Gasteiger partial charge on any atom is -0.385 e. The Labute approximate surface area is 115 Å². The van der Waals surface area contributed by atoms with Gasteiger partial charge in [0.25, 0.3) is 0 Å². The number of benzene rings is 1. The fraction of sp³-hybridized carbons (Fsp3) is 0.600. The van der Waals surface area contributed by atoms with Gasteiger partial charge in [0, 0.05) is 0 Å². The van der Waals surface area contributed by atoms with Crippen LogP contribution in [0.15, 0.2) is 18.2 Å². The van der Waals surface area contributed by atoms with Crippen molar-refractivity contribution in [2.24, 2.45) is 11.8 Å². The average molecular weight is 290 g/mol. The number of halogens is 4. The van der Waals surface area contributed by atoms with Crippen molar-refractivity contribution in [3.63, 3.8) is 0 Å². The lowest BCUT2D eigenvalue weighted by Gasteiger charge is -2.41. The molecule has 0 heterocycles. The van der Waals surface area contributed by atoms with Crippen molar-refractivity contribution in [3.8, 4) is 0 Å². The zero-order valence-electron chi connectivity index (χ0n) is 11.5. The quantitative estimate of drug-likeness (QED) is 0.756. The smallest absolute Gasteiger partial charge is 0.385 e. The van der Waals surface area contributed by atoms with E-state index in [1.807, 2.05) is 6.92 Å². The Kier molecular flexibility index (Phi) is 3.84. The maximum Gasteiger partial charge on any atom is 0.419 e. The Morgan fingerprint density at radius 3 is 2.40 bits per heavy atom. The third kappa shape index (κ3) is 2.68. The van der Waals surface area contributed by atoms with Crippen molar-refractivity contribution < 1.29 is 22.7 Å². The summed E-state index contributed by atoms with van der Waals surface area (Å²) in [5, 5.41) is 10.7. The molecule has 0 bridgehead atoms. The van der Waals surface area contributed by atoms with Gasteiger partial charge in [0.15, 0.2) is 0 Å². The normalized spacial score (nSPS) is 31.4. The van der Waals surface area contributed by atoms with Gasteiger partial charge in [0.1, 0.15) is 5.82 Å². The van der Waals surface area contributed by atoms with Crippen LogP contribution in [0.25, 0.3) is 0 Å². The molecule has 5 heteroatoms. The number of hydrogen-bond donors (Lipinski definition) is 1. The summed E-state index contributed by atoms with van der Waals surface area (Å²) in [6, 6.07) is 2.74. The van der Waals surface area contributed by atoms with E-state index in [-0.39, 0.29) is 11.5 Å². The number of alkyl halides is 3. The van der Waals surface area contributed by atoms with E-state index in [4.69, 9.17) is 0 Å². The second-order valence-electron chi connectivity index (χ2n) is 5.90. The Morgan fingerprint density at radius 1 is 1.25 bits per heavy atom. The highest BCUT2D eigenvalue weighted by atomic mass is 19.4. The highest BCUT2D eigenvalue weighted by Crippen LogP contribution is 2.44. The molecule has 3 unspecified atom stereocenters. The maximum atomic E-state index is 13.6. The molecule has 1 aliphatic rings. The predicted octanol–water partition coefficient (Wildman–Crippen LogP) is 4.49. The first-order chi connectivity index (χ1) is 9.14. The zero-order chi connectivity index (χ0) is 15.1. The van der Waals surface area contributed by atoms with Gasteiger partial charge in [-0.3, -0.25) is 0 Å². The molecule has 0 amide bonds. The maximum absolute atomic E-state index is 13.6. The Balaban J connectivity index is 2.36. The molecule has 1 nitrogen and oxygen atoms in total. The predicted molar refractivity (Wildman–Crippen MR) is 67.5 cm³/mol. The highest BCUT2D eigenvalue weighted by molar-refractivity contribution is 5.31. The van der Waals surface area contributed by atoms with Crippen molar-refractivity contribution in [3.05, 3.63) is 35.1 Å². The molecule has 1 N–H and O–H groups in total. The minimum atomic E-state index is -4.71. The molecule has 3 atom stereocenters. The molecule has 2 rings (SSSR count). The van der Waals surface area contributed by atoms with Crippen molar-refractivity contribution in [2.75, 3.05) is 0 Å². The summed E-state index contributed by atoms with van der Waals surface area (Å²) in [6.07, 6.45) is -2.71. The lowest BCUT2D eigenvalue weighted by molar-refractivity contribution is -0.140.